The van der Waals surface area contributed by atoms with Crippen molar-refractivity contribution >= 4 is 29.5 Å². The Balaban J connectivity index is 2.41. The van der Waals surface area contributed by atoms with Crippen LogP contribution in [0.1, 0.15) is 20.9 Å². The van der Waals surface area contributed by atoms with Crippen LogP contribution < -0.4 is 10.1 Å². The monoisotopic (exact) mass is 266 g/mol. The van der Waals surface area contributed by atoms with E-state index in [0.29, 0.717) is 16.2 Å². The van der Waals surface area contributed by atoms with Crippen molar-refractivity contribution in [1.82, 2.24) is 4.57 Å². The molecule has 2 aromatic heterocycles. The van der Waals surface area contributed by atoms with Crippen LogP contribution in [0.25, 0.3) is 0 Å². The molecule has 0 saturated carbocycles. The third-order valence-electron chi connectivity index (χ3n) is 2.44. The number of carboxylic acid groups (broad SMARTS) is 1. The average molecular weight is 266 g/mol. The van der Waals surface area contributed by atoms with Gasteiger partial charge in [-0.1, -0.05) is 0 Å². The van der Waals surface area contributed by atoms with Crippen molar-refractivity contribution in [2.75, 3.05) is 0 Å². The van der Waals surface area contributed by atoms with E-state index >= 15 is 0 Å². The van der Waals surface area contributed by atoms with E-state index < -0.39 is 5.97 Å². The van der Waals surface area contributed by atoms with Gasteiger partial charge in [-0.25, -0.2) is 4.98 Å². The highest BCUT2D eigenvalue weighted by molar-refractivity contribution is 7.73. The Morgan fingerprint density at radius 3 is 2.94 bits per heavy atom. The number of nitrogens with zero attached hydrogens (tertiary/aromatic N) is 1. The first-order valence-corrected chi connectivity index (χ1v) is 6.18. The third-order valence-corrected chi connectivity index (χ3v) is 3.97. The summed E-state index contributed by atoms with van der Waals surface area (Å²) in [6.07, 6.45) is 3.67. The molecular formula is C11H10N2O2S2. The number of carboxylic acids is 1. The Bertz CT molecular complexity index is 602. The van der Waals surface area contributed by atoms with Crippen molar-refractivity contribution in [3.8, 4) is 0 Å². The lowest BCUT2D eigenvalue weighted by Gasteiger charge is -2.05. The van der Waals surface area contributed by atoms with Crippen LogP contribution in [0.5, 0.6) is 0 Å². The number of hydrogen-bond acceptors (Lipinski definition) is 4. The van der Waals surface area contributed by atoms with Crippen molar-refractivity contribution < 1.29 is 14.9 Å². The van der Waals surface area contributed by atoms with E-state index in [2.05, 4.69) is 4.98 Å². The maximum absolute atomic E-state index is 10.9. The quantitative estimate of drug-likeness (QED) is 0.773. The molecule has 4 nitrogen and oxygen atoms in total. The standard InChI is InChI=1S/C11H10N2O2S2/c1-7-9(10(14)15)17-11(16)13(7)6-8-3-2-4-12-5-8/h2-5H,6H2,1H3,(H,14,15). The highest BCUT2D eigenvalue weighted by Crippen LogP contribution is 2.19. The third kappa shape index (κ3) is 2.42. The number of aromatic amines is 1. The fraction of sp³-hybridized carbons (Fsp3) is 0.182. The highest BCUT2D eigenvalue weighted by Gasteiger charge is 2.10. The van der Waals surface area contributed by atoms with Crippen LogP contribution in [0.2, 0.25) is 0 Å². The molecule has 0 aromatic carbocycles. The van der Waals surface area contributed by atoms with Gasteiger partial charge in [-0.15, -0.1) is 11.3 Å². The lowest BCUT2D eigenvalue weighted by molar-refractivity contribution is -0.378. The van der Waals surface area contributed by atoms with Gasteiger partial charge in [-0.2, -0.15) is 0 Å². The summed E-state index contributed by atoms with van der Waals surface area (Å²) in [6.45, 7) is 2.30. The lowest BCUT2D eigenvalue weighted by atomic mass is 10.3. The molecule has 0 spiro atoms. The SMILES string of the molecule is Cc1c(C(=O)[O-])sc(=S)n1Cc1ccc[nH+]c1. The maximum atomic E-state index is 10.9. The van der Waals surface area contributed by atoms with Crippen LogP contribution in [0.4, 0.5) is 0 Å². The number of carbonyl (C=O) groups is 1. The topological polar surface area (TPSA) is 59.2 Å². The van der Waals surface area contributed by atoms with E-state index in [4.69, 9.17) is 12.2 Å². The van der Waals surface area contributed by atoms with Gasteiger partial charge in [0.1, 0.15) is 0 Å². The average Bonchev–Trinajstić information content (AvgIpc) is 2.58. The summed E-state index contributed by atoms with van der Waals surface area (Å²) < 4.78 is 2.35. The van der Waals surface area contributed by atoms with Crippen molar-refractivity contribution in [2.24, 2.45) is 0 Å². The first-order chi connectivity index (χ1) is 8.09. The molecule has 0 aliphatic heterocycles. The Morgan fingerprint density at radius 2 is 2.41 bits per heavy atom. The minimum absolute atomic E-state index is 0.204. The zero-order valence-electron chi connectivity index (χ0n) is 9.10. The molecule has 0 unspecified atom stereocenters. The summed E-state index contributed by atoms with van der Waals surface area (Å²) in [5, 5.41) is 10.9. The van der Waals surface area contributed by atoms with Crippen LogP contribution in [0.15, 0.2) is 24.5 Å². The second-order valence-electron chi connectivity index (χ2n) is 3.57. The number of thiazole rings is 1. The van der Waals surface area contributed by atoms with Crippen LogP contribution in [-0.2, 0) is 6.54 Å². The molecule has 0 amide bonds. The molecule has 2 rings (SSSR count). The van der Waals surface area contributed by atoms with Gasteiger partial charge < -0.3 is 14.5 Å². The van der Waals surface area contributed by atoms with Crippen LogP contribution >= 0.6 is 23.6 Å². The molecular weight excluding hydrogens is 256 g/mol. The number of carbonyl (C=O) groups excluding carboxylic acids is 1. The smallest absolute Gasteiger partial charge is 0.172 e. The molecule has 88 valence electrons. The largest absolute Gasteiger partial charge is 0.544 e. The molecule has 2 heterocycles. The lowest BCUT2D eigenvalue weighted by Crippen LogP contribution is -2.22. The van der Waals surface area contributed by atoms with Gasteiger partial charge in [0, 0.05) is 17.3 Å². The van der Waals surface area contributed by atoms with E-state index in [1.165, 1.54) is 0 Å². The molecule has 0 bridgehead atoms. The minimum atomic E-state index is -1.17. The van der Waals surface area contributed by atoms with Crippen LogP contribution in [0.3, 0.4) is 0 Å². The van der Waals surface area contributed by atoms with E-state index in [9.17, 15) is 9.90 Å². The van der Waals surface area contributed by atoms with Crippen LogP contribution in [0, 0.1) is 10.9 Å². The summed E-state index contributed by atoms with van der Waals surface area (Å²) >= 11 is 6.23. The number of nitrogens with one attached hydrogen (secondary N) is 1. The summed E-state index contributed by atoms with van der Waals surface area (Å²) in [5.41, 5.74) is 1.68. The molecule has 0 aliphatic rings. The molecule has 0 saturated heterocycles. The highest BCUT2D eigenvalue weighted by atomic mass is 32.1. The fourth-order valence-electron chi connectivity index (χ4n) is 1.56. The van der Waals surface area contributed by atoms with Gasteiger partial charge in [-0.05, 0) is 25.2 Å². The van der Waals surface area contributed by atoms with Crippen LogP contribution in [-0.4, -0.2) is 10.5 Å². The summed E-state index contributed by atoms with van der Waals surface area (Å²) in [5.74, 6) is -1.17. The summed E-state index contributed by atoms with van der Waals surface area (Å²) in [7, 11) is 0. The van der Waals surface area contributed by atoms with E-state index in [-0.39, 0.29) is 4.88 Å². The van der Waals surface area contributed by atoms with Gasteiger partial charge >= 0.3 is 0 Å². The maximum Gasteiger partial charge on any atom is 0.172 e. The molecule has 17 heavy (non-hydrogen) atoms. The van der Waals surface area contributed by atoms with Gasteiger partial charge in [0.05, 0.1) is 17.4 Å². The Morgan fingerprint density at radius 1 is 1.65 bits per heavy atom. The van der Waals surface area contributed by atoms with Crippen molar-refractivity contribution in [3.63, 3.8) is 0 Å². The fourth-order valence-corrected chi connectivity index (χ4v) is 2.84. The normalized spacial score (nSPS) is 10.4. The van der Waals surface area contributed by atoms with Gasteiger partial charge in [-0.3, -0.25) is 0 Å². The van der Waals surface area contributed by atoms with Crippen molar-refractivity contribution in [3.05, 3.63) is 44.6 Å². The predicted octanol–water partition coefficient (Wildman–Crippen LogP) is 0.813. The molecule has 0 atom stereocenters. The predicted molar refractivity (Wildman–Crippen MR) is 64.3 cm³/mol. The van der Waals surface area contributed by atoms with Crippen molar-refractivity contribution in [2.45, 2.75) is 13.5 Å². The first kappa shape index (κ1) is 11.9. The number of pyridine rings is 1. The van der Waals surface area contributed by atoms with Gasteiger partial charge in [0.15, 0.2) is 16.3 Å². The Labute approximate surface area is 107 Å². The second kappa shape index (κ2) is 4.77. The Hall–Kier alpha value is -1.53. The molecule has 0 radical (unpaired) electrons. The number of aromatic carboxylic acids is 1. The summed E-state index contributed by atoms with van der Waals surface area (Å²) in [6, 6.07) is 3.84. The number of H-pyrrole nitrogens is 1. The first-order valence-electron chi connectivity index (χ1n) is 4.96. The molecule has 6 heteroatoms. The number of rotatable bonds is 3. The Kier molecular flexibility index (Phi) is 3.35. The van der Waals surface area contributed by atoms with Gasteiger partial charge in [0.2, 0.25) is 0 Å². The molecule has 1 N–H and O–H groups in total. The summed E-state index contributed by atoms with van der Waals surface area (Å²) in [4.78, 5) is 14.1. The molecule has 2 aromatic rings. The minimum Gasteiger partial charge on any atom is -0.544 e. The van der Waals surface area contributed by atoms with E-state index in [1.54, 1.807) is 11.5 Å². The number of aromatic nitrogens is 2. The second-order valence-corrected chi connectivity index (χ2v) is 5.21. The zero-order chi connectivity index (χ0) is 12.4. The van der Waals surface area contributed by atoms with E-state index in [0.717, 1.165) is 16.9 Å². The molecule has 0 fully saturated rings. The van der Waals surface area contributed by atoms with E-state index in [1.807, 2.05) is 24.5 Å². The number of hydrogen-bond donors (Lipinski definition) is 0. The molecule has 0 aliphatic carbocycles. The van der Waals surface area contributed by atoms with Gasteiger partial charge in [0.25, 0.3) is 0 Å². The van der Waals surface area contributed by atoms with Crippen molar-refractivity contribution in [1.29, 1.82) is 0 Å². The zero-order valence-corrected chi connectivity index (χ0v) is 10.7.